The van der Waals surface area contributed by atoms with Crippen molar-refractivity contribution in [2.24, 2.45) is 5.92 Å². The highest BCUT2D eigenvalue weighted by Crippen LogP contribution is 2.21. The van der Waals surface area contributed by atoms with E-state index in [1.54, 1.807) is 12.1 Å². The van der Waals surface area contributed by atoms with Crippen LogP contribution in [-0.2, 0) is 9.59 Å². The van der Waals surface area contributed by atoms with Crippen LogP contribution in [0.25, 0.3) is 0 Å². The van der Waals surface area contributed by atoms with Gasteiger partial charge in [0.25, 0.3) is 11.8 Å². The van der Waals surface area contributed by atoms with Gasteiger partial charge in [-0.25, -0.2) is 4.98 Å². The van der Waals surface area contributed by atoms with E-state index in [2.05, 4.69) is 31.2 Å². The zero-order chi connectivity index (χ0) is 26.9. The van der Waals surface area contributed by atoms with Crippen molar-refractivity contribution in [3.63, 3.8) is 0 Å². The number of carbonyl (C=O) groups is 4. The molecule has 1 aliphatic heterocycles. The fraction of sp³-hybridized carbons (Fsp3) is 0.520. The van der Waals surface area contributed by atoms with Gasteiger partial charge < -0.3 is 30.8 Å². The van der Waals surface area contributed by atoms with E-state index < -0.39 is 47.9 Å². The highest BCUT2D eigenvalue weighted by molar-refractivity contribution is 5.97. The van der Waals surface area contributed by atoms with Crippen LogP contribution in [-0.4, -0.2) is 63.4 Å². The fourth-order valence-corrected chi connectivity index (χ4v) is 3.93. The van der Waals surface area contributed by atoms with E-state index in [4.69, 9.17) is 4.42 Å². The minimum atomic E-state index is -1.30. The van der Waals surface area contributed by atoms with E-state index in [0.29, 0.717) is 25.8 Å². The van der Waals surface area contributed by atoms with Gasteiger partial charge in [-0.05, 0) is 50.7 Å². The Morgan fingerprint density at radius 3 is 2.62 bits per heavy atom. The molecule has 1 aliphatic rings. The Bertz CT molecular complexity index is 1090. The molecule has 200 valence electrons. The number of aliphatic hydroxyl groups is 1. The number of carbonyl (C=O) groups excluding carboxylic acids is 4. The van der Waals surface area contributed by atoms with Gasteiger partial charge in [0, 0.05) is 12.7 Å². The topological polar surface area (TPSA) is 176 Å². The Morgan fingerprint density at radius 2 is 1.95 bits per heavy atom. The van der Waals surface area contributed by atoms with Crippen LogP contribution in [0.3, 0.4) is 0 Å². The first-order chi connectivity index (χ1) is 17.7. The van der Waals surface area contributed by atoms with Crippen molar-refractivity contribution < 1.29 is 28.7 Å². The maximum Gasteiger partial charge on any atom is 0.273 e. The third kappa shape index (κ3) is 7.84. The molecular weight excluding hydrogens is 480 g/mol. The van der Waals surface area contributed by atoms with Gasteiger partial charge in [-0.1, -0.05) is 19.9 Å². The molecule has 0 radical (unpaired) electrons. The van der Waals surface area contributed by atoms with Crippen LogP contribution in [0.2, 0.25) is 0 Å². The van der Waals surface area contributed by atoms with Crippen molar-refractivity contribution >= 4 is 23.6 Å². The average molecular weight is 515 g/mol. The number of hydrogen-bond donors (Lipinski definition) is 5. The second-order valence-electron chi connectivity index (χ2n) is 9.48. The van der Waals surface area contributed by atoms with Crippen LogP contribution in [0.15, 0.2) is 35.1 Å². The summed E-state index contributed by atoms with van der Waals surface area (Å²) in [5, 5.41) is 21.1. The van der Waals surface area contributed by atoms with Crippen molar-refractivity contribution in [1.29, 1.82) is 0 Å². The molecule has 12 heteroatoms. The number of amides is 4. The quantitative estimate of drug-likeness (QED) is 0.390. The monoisotopic (exact) mass is 514 g/mol. The van der Waals surface area contributed by atoms with Crippen molar-refractivity contribution in [2.45, 2.75) is 70.7 Å². The molecule has 3 heterocycles. The number of aliphatic hydroxyl groups excluding tert-OH is 1. The standard InChI is InChI=1S/C25H34N6O6/c1-14(2)12-18-25-30-19(13-37-25)21(33)27-11-7-5-9-17(28-22(34)16-8-4-6-10-26-16)23(35)31-20(15(3)32)24(36)29-18/h4,6,8,10,13-15,17-18,20,32H,5,7,9,11-12H2,1-3H3,(H,27,33)(H,28,34)(H,29,36)(H,31,35)/t15-,17+,18+,20+/m1/s1. The summed E-state index contributed by atoms with van der Waals surface area (Å²) in [5.41, 5.74) is 0.228. The highest BCUT2D eigenvalue weighted by atomic mass is 16.3. The predicted octanol–water partition coefficient (Wildman–Crippen LogP) is 0.851. The van der Waals surface area contributed by atoms with Crippen LogP contribution in [0, 0.1) is 5.92 Å². The third-order valence-electron chi connectivity index (χ3n) is 5.86. The molecule has 0 saturated carbocycles. The summed E-state index contributed by atoms with van der Waals surface area (Å²) in [6.45, 7) is 5.61. The number of hydrogen-bond acceptors (Lipinski definition) is 8. The zero-order valence-electron chi connectivity index (χ0n) is 21.2. The van der Waals surface area contributed by atoms with Gasteiger partial charge in [0.05, 0.1) is 6.10 Å². The summed E-state index contributed by atoms with van der Waals surface area (Å²) in [6, 6.07) is 1.85. The largest absolute Gasteiger partial charge is 0.446 e. The van der Waals surface area contributed by atoms with Gasteiger partial charge >= 0.3 is 0 Å². The normalized spacial score (nSPS) is 22.5. The molecule has 0 spiro atoms. The first kappa shape index (κ1) is 27.8. The van der Waals surface area contributed by atoms with Gasteiger partial charge in [0.15, 0.2) is 5.69 Å². The molecule has 12 nitrogen and oxygen atoms in total. The fourth-order valence-electron chi connectivity index (χ4n) is 3.93. The maximum atomic E-state index is 13.2. The molecule has 2 bridgehead atoms. The van der Waals surface area contributed by atoms with E-state index in [9.17, 15) is 24.3 Å². The Balaban J connectivity index is 1.86. The molecule has 4 atom stereocenters. The van der Waals surface area contributed by atoms with Crippen molar-refractivity contribution in [3.8, 4) is 0 Å². The molecule has 0 unspecified atom stereocenters. The smallest absolute Gasteiger partial charge is 0.273 e. The summed E-state index contributed by atoms with van der Waals surface area (Å²) in [4.78, 5) is 59.8. The van der Waals surface area contributed by atoms with Crippen LogP contribution < -0.4 is 21.3 Å². The number of fused-ring (bicyclic) bond motifs is 2. The molecular formula is C25H34N6O6. The van der Waals surface area contributed by atoms with E-state index in [0.717, 1.165) is 0 Å². The minimum absolute atomic E-state index is 0.0889. The third-order valence-corrected chi connectivity index (χ3v) is 5.86. The molecule has 4 amide bonds. The Labute approximate surface area is 215 Å². The molecule has 5 N–H and O–H groups in total. The molecule has 2 aromatic rings. The van der Waals surface area contributed by atoms with E-state index in [-0.39, 0.29) is 29.6 Å². The maximum absolute atomic E-state index is 13.2. The van der Waals surface area contributed by atoms with Crippen LogP contribution in [0.5, 0.6) is 0 Å². The number of nitrogens with one attached hydrogen (secondary N) is 4. The Kier molecular flexibility index (Phi) is 9.72. The lowest BCUT2D eigenvalue weighted by molar-refractivity contribution is -0.133. The van der Waals surface area contributed by atoms with E-state index >= 15 is 0 Å². The first-order valence-electron chi connectivity index (χ1n) is 12.4. The van der Waals surface area contributed by atoms with Crippen LogP contribution >= 0.6 is 0 Å². The molecule has 0 saturated heterocycles. The Hall–Kier alpha value is -3.80. The minimum Gasteiger partial charge on any atom is -0.446 e. The lowest BCUT2D eigenvalue weighted by atomic mass is 10.0. The lowest BCUT2D eigenvalue weighted by Gasteiger charge is -2.26. The molecule has 3 rings (SSSR count). The van der Waals surface area contributed by atoms with Crippen molar-refractivity contribution in [3.05, 3.63) is 47.9 Å². The number of pyridine rings is 1. The van der Waals surface area contributed by atoms with Crippen LogP contribution in [0.4, 0.5) is 0 Å². The second kappa shape index (κ2) is 12.9. The van der Waals surface area contributed by atoms with Gasteiger partial charge in [0.2, 0.25) is 17.7 Å². The van der Waals surface area contributed by atoms with Gasteiger partial charge in [-0.15, -0.1) is 0 Å². The number of oxazole rings is 1. The van der Waals surface area contributed by atoms with E-state index in [1.807, 2.05) is 13.8 Å². The summed E-state index contributed by atoms with van der Waals surface area (Å²) in [6.07, 6.45) is 3.15. The molecule has 37 heavy (non-hydrogen) atoms. The van der Waals surface area contributed by atoms with Gasteiger partial charge in [0.1, 0.15) is 30.1 Å². The van der Waals surface area contributed by atoms with Gasteiger partial charge in [-0.2, -0.15) is 0 Å². The lowest BCUT2D eigenvalue weighted by Crippen LogP contribution is -2.57. The molecule has 0 aromatic carbocycles. The van der Waals surface area contributed by atoms with Crippen molar-refractivity contribution in [2.75, 3.05) is 6.54 Å². The van der Waals surface area contributed by atoms with E-state index in [1.165, 1.54) is 25.5 Å². The summed E-state index contributed by atoms with van der Waals surface area (Å²) in [7, 11) is 0. The average Bonchev–Trinajstić information content (AvgIpc) is 3.35. The molecule has 0 aliphatic carbocycles. The van der Waals surface area contributed by atoms with Gasteiger partial charge in [-0.3, -0.25) is 24.2 Å². The molecule has 2 aromatic heterocycles. The summed E-state index contributed by atoms with van der Waals surface area (Å²) < 4.78 is 5.50. The van der Waals surface area contributed by atoms with Crippen LogP contribution in [0.1, 0.15) is 79.4 Å². The summed E-state index contributed by atoms with van der Waals surface area (Å²) in [5.74, 6) is -1.96. The number of aromatic nitrogens is 2. The first-order valence-corrected chi connectivity index (χ1v) is 12.4. The SMILES string of the molecule is CC(C)C[C@@H]1NC(=O)[C@H]([C@@H](C)O)NC(=O)[C@@H](NC(=O)c2ccccn2)CCCCNC(=O)c2coc1n2. The van der Waals surface area contributed by atoms with Crippen molar-refractivity contribution in [1.82, 2.24) is 31.2 Å². The Morgan fingerprint density at radius 1 is 1.16 bits per heavy atom. The summed E-state index contributed by atoms with van der Waals surface area (Å²) >= 11 is 0. The highest BCUT2D eigenvalue weighted by Gasteiger charge is 2.33. The number of nitrogens with zero attached hydrogens (tertiary/aromatic N) is 2. The zero-order valence-corrected chi connectivity index (χ0v) is 21.2. The predicted molar refractivity (Wildman–Crippen MR) is 132 cm³/mol. The molecule has 0 fully saturated rings. The second-order valence-corrected chi connectivity index (χ2v) is 9.48. The number of rotatable bonds is 5.